The molecule has 0 fully saturated rings. The van der Waals surface area contributed by atoms with Crippen molar-refractivity contribution < 1.29 is 29.0 Å². The van der Waals surface area contributed by atoms with Gasteiger partial charge in [-0.05, 0) is 72.9 Å². The van der Waals surface area contributed by atoms with Gasteiger partial charge < -0.3 is 35.8 Å². The lowest BCUT2D eigenvalue weighted by Gasteiger charge is -2.29. The third-order valence-corrected chi connectivity index (χ3v) is 7.31. The maximum atomic E-state index is 14.1. The van der Waals surface area contributed by atoms with Crippen LogP contribution < -0.4 is 20.9 Å². The molecule has 3 rings (SSSR count). The summed E-state index contributed by atoms with van der Waals surface area (Å²) < 4.78 is 10.6. The highest BCUT2D eigenvalue weighted by Crippen LogP contribution is 2.20. The number of aliphatic hydroxyl groups is 1. The first-order valence-corrected chi connectivity index (χ1v) is 14.8. The highest BCUT2D eigenvalue weighted by molar-refractivity contribution is 6.04. The van der Waals surface area contributed by atoms with E-state index in [2.05, 4.69) is 0 Å². The van der Waals surface area contributed by atoms with Crippen molar-refractivity contribution in [2.24, 2.45) is 11.5 Å². The molecule has 0 saturated heterocycles. The Labute approximate surface area is 259 Å². The van der Waals surface area contributed by atoms with Crippen molar-refractivity contribution >= 4 is 17.7 Å². The van der Waals surface area contributed by atoms with Gasteiger partial charge in [0.15, 0.2) is 0 Å². The van der Waals surface area contributed by atoms with Crippen LogP contribution >= 0.6 is 0 Å². The van der Waals surface area contributed by atoms with E-state index in [4.69, 9.17) is 20.9 Å². The quantitative estimate of drug-likeness (QED) is 0.226. The highest BCUT2D eigenvalue weighted by Gasteiger charge is 2.26. The number of aliphatic hydroxyl groups excluding tert-OH is 1. The van der Waals surface area contributed by atoms with E-state index in [0.717, 1.165) is 24.0 Å². The molecule has 2 atom stereocenters. The van der Waals surface area contributed by atoms with E-state index in [1.807, 2.05) is 50.2 Å². The largest absolute Gasteiger partial charge is 0.497 e. The zero-order chi connectivity index (χ0) is 32.2. The van der Waals surface area contributed by atoms with Crippen LogP contribution in [-0.2, 0) is 13.0 Å². The van der Waals surface area contributed by atoms with E-state index in [9.17, 15) is 19.5 Å². The van der Waals surface area contributed by atoms with Crippen molar-refractivity contribution in [2.45, 2.75) is 51.8 Å². The Morgan fingerprint density at radius 3 is 1.89 bits per heavy atom. The van der Waals surface area contributed by atoms with Gasteiger partial charge in [0.1, 0.15) is 11.5 Å². The van der Waals surface area contributed by atoms with Crippen LogP contribution in [-0.4, -0.2) is 78.6 Å². The molecule has 0 aromatic heterocycles. The maximum absolute atomic E-state index is 14.1. The first kappa shape index (κ1) is 34.1. The van der Waals surface area contributed by atoms with Gasteiger partial charge in [-0.3, -0.25) is 14.4 Å². The molecule has 0 spiro atoms. The van der Waals surface area contributed by atoms with E-state index in [1.165, 1.54) is 23.1 Å². The van der Waals surface area contributed by atoms with Crippen LogP contribution in [0.25, 0.3) is 0 Å². The molecular weight excluding hydrogens is 560 g/mol. The molecule has 0 aliphatic carbocycles. The van der Waals surface area contributed by atoms with Crippen LogP contribution in [0.1, 0.15) is 68.9 Å². The number of methoxy groups -OCH3 is 2. The third kappa shape index (κ3) is 9.29. The van der Waals surface area contributed by atoms with Crippen LogP contribution in [0, 0.1) is 0 Å². The predicted molar refractivity (Wildman–Crippen MR) is 170 cm³/mol. The summed E-state index contributed by atoms with van der Waals surface area (Å²) in [6, 6.07) is 18.2. The Morgan fingerprint density at radius 2 is 1.34 bits per heavy atom. The number of hydrogen-bond acceptors (Lipinski definition) is 7. The molecule has 5 N–H and O–H groups in total. The number of nitrogens with zero attached hydrogens (tertiary/aromatic N) is 2. The molecule has 0 radical (unpaired) electrons. The monoisotopic (exact) mass is 604 g/mol. The predicted octanol–water partition coefficient (Wildman–Crippen LogP) is 3.64. The molecule has 236 valence electrons. The Bertz CT molecular complexity index is 1410. The fourth-order valence-electron chi connectivity index (χ4n) is 4.98. The zero-order valence-electron chi connectivity index (χ0n) is 26.0. The molecular formula is C34H44N4O6. The minimum Gasteiger partial charge on any atom is -0.497 e. The molecule has 0 saturated carbocycles. The third-order valence-electron chi connectivity index (χ3n) is 7.31. The number of amides is 3. The number of hydrogen-bond donors (Lipinski definition) is 3. The average molecular weight is 605 g/mol. The van der Waals surface area contributed by atoms with E-state index in [0.29, 0.717) is 31.0 Å². The first-order chi connectivity index (χ1) is 21.1. The fraction of sp³-hybridized carbons (Fsp3) is 0.382. The summed E-state index contributed by atoms with van der Waals surface area (Å²) in [4.78, 5) is 43.0. The molecule has 0 heterocycles. The molecule has 10 heteroatoms. The number of primary amides is 1. The Balaban J connectivity index is 1.96. The summed E-state index contributed by atoms with van der Waals surface area (Å²) in [6.45, 7) is 5.05. The lowest BCUT2D eigenvalue weighted by atomic mass is 10.00. The van der Waals surface area contributed by atoms with E-state index in [1.54, 1.807) is 31.3 Å². The van der Waals surface area contributed by atoms with Gasteiger partial charge in [0.2, 0.25) is 5.91 Å². The lowest BCUT2D eigenvalue weighted by molar-refractivity contribution is 0.0554. The van der Waals surface area contributed by atoms with Crippen molar-refractivity contribution in [1.29, 1.82) is 0 Å². The summed E-state index contributed by atoms with van der Waals surface area (Å²) in [7, 11) is 3.14. The number of ether oxygens (including phenoxy) is 2. The summed E-state index contributed by atoms with van der Waals surface area (Å²) in [5.41, 5.74) is 14.1. The minimum atomic E-state index is -1.09. The molecule has 0 unspecified atom stereocenters. The zero-order valence-corrected chi connectivity index (χ0v) is 26.0. The second kappa shape index (κ2) is 16.4. The summed E-state index contributed by atoms with van der Waals surface area (Å²) in [6.07, 6.45) is 0.801. The lowest BCUT2D eigenvalue weighted by Crippen LogP contribution is -2.46. The van der Waals surface area contributed by atoms with Crippen molar-refractivity contribution in [3.05, 3.63) is 94.5 Å². The molecule has 3 aromatic carbocycles. The van der Waals surface area contributed by atoms with Crippen LogP contribution in [0.4, 0.5) is 0 Å². The topological polar surface area (TPSA) is 148 Å². The number of nitrogens with two attached hydrogens (primary N) is 2. The average Bonchev–Trinajstić information content (AvgIpc) is 3.03. The van der Waals surface area contributed by atoms with Crippen LogP contribution in [0.2, 0.25) is 0 Å². The number of benzene rings is 3. The SMILES string of the molecule is CCCN(CCC)C(=O)c1cc(C(N)=O)cc(C(=O)N(Cc2cccc(OC)c2)C[C@@H](O)[C@@H](N)Cc2ccc(OC)cc2)c1. The van der Waals surface area contributed by atoms with Crippen LogP contribution in [0.3, 0.4) is 0 Å². The molecule has 10 nitrogen and oxygen atoms in total. The number of rotatable bonds is 16. The number of carbonyl (C=O) groups excluding carboxylic acids is 3. The summed E-state index contributed by atoms with van der Waals surface area (Å²) >= 11 is 0. The van der Waals surface area contributed by atoms with E-state index < -0.39 is 24.0 Å². The van der Waals surface area contributed by atoms with Crippen LogP contribution in [0.15, 0.2) is 66.7 Å². The summed E-state index contributed by atoms with van der Waals surface area (Å²) in [5, 5.41) is 11.2. The fourth-order valence-corrected chi connectivity index (χ4v) is 4.98. The Kier molecular flexibility index (Phi) is 12.7. The van der Waals surface area contributed by atoms with Gasteiger partial charge in [0, 0.05) is 48.9 Å². The molecule has 0 aliphatic rings. The Hall–Kier alpha value is -4.41. The van der Waals surface area contributed by atoms with Crippen molar-refractivity contribution in [3.8, 4) is 11.5 Å². The van der Waals surface area contributed by atoms with Gasteiger partial charge in [-0.1, -0.05) is 38.1 Å². The molecule has 0 aliphatic heterocycles. The Morgan fingerprint density at radius 1 is 0.773 bits per heavy atom. The molecule has 3 aromatic rings. The smallest absolute Gasteiger partial charge is 0.254 e. The number of carbonyl (C=O) groups is 3. The van der Waals surface area contributed by atoms with Gasteiger partial charge in [0.05, 0.1) is 20.3 Å². The second-order valence-corrected chi connectivity index (χ2v) is 10.8. The second-order valence-electron chi connectivity index (χ2n) is 10.8. The molecule has 0 bridgehead atoms. The van der Waals surface area contributed by atoms with Gasteiger partial charge in [0.25, 0.3) is 11.8 Å². The minimum absolute atomic E-state index is 0.0465. The highest BCUT2D eigenvalue weighted by atomic mass is 16.5. The summed E-state index contributed by atoms with van der Waals surface area (Å²) in [5.74, 6) is -0.208. The normalized spacial score (nSPS) is 12.2. The van der Waals surface area contributed by atoms with Gasteiger partial charge in [-0.15, -0.1) is 0 Å². The van der Waals surface area contributed by atoms with Gasteiger partial charge in [-0.2, -0.15) is 0 Å². The first-order valence-electron chi connectivity index (χ1n) is 14.8. The standard InChI is InChI=1S/C34H44N4O6/c1-5-14-37(15-6-2)33(41)26-18-25(32(36)40)19-27(20-26)34(42)38(21-24-8-7-9-29(16-24)44-4)22-31(39)30(35)17-23-10-12-28(43-3)13-11-23/h7-13,16,18-20,30-31,39H,5-6,14-15,17,21-22,35H2,1-4H3,(H2,36,40)/t30-,31+/m0/s1. The van der Waals surface area contributed by atoms with Crippen molar-refractivity contribution in [2.75, 3.05) is 33.9 Å². The van der Waals surface area contributed by atoms with E-state index in [-0.39, 0.29) is 35.7 Å². The van der Waals surface area contributed by atoms with Gasteiger partial charge in [-0.25, -0.2) is 0 Å². The molecule has 44 heavy (non-hydrogen) atoms. The van der Waals surface area contributed by atoms with Gasteiger partial charge >= 0.3 is 0 Å². The molecule has 3 amide bonds. The maximum Gasteiger partial charge on any atom is 0.254 e. The van der Waals surface area contributed by atoms with Crippen molar-refractivity contribution in [1.82, 2.24) is 9.80 Å². The van der Waals surface area contributed by atoms with E-state index >= 15 is 0 Å². The van der Waals surface area contributed by atoms with Crippen molar-refractivity contribution in [3.63, 3.8) is 0 Å². The van der Waals surface area contributed by atoms with Crippen LogP contribution in [0.5, 0.6) is 11.5 Å².